The number of halogens is 1. The van der Waals surface area contributed by atoms with E-state index in [9.17, 15) is 9.90 Å². The van der Waals surface area contributed by atoms with Crippen molar-refractivity contribution >= 4 is 24.0 Å². The molecule has 0 radical (unpaired) electrons. The lowest BCUT2D eigenvalue weighted by molar-refractivity contribution is -0.118. The van der Waals surface area contributed by atoms with Crippen molar-refractivity contribution < 1.29 is 9.90 Å². The number of phenols is 1. The molecular formula is C15H25ClN2O2. The normalized spacial score (nSPS) is 12.8. The van der Waals surface area contributed by atoms with E-state index in [4.69, 9.17) is 5.73 Å². The third-order valence-electron chi connectivity index (χ3n) is 3.14. The Kier molecular flexibility index (Phi) is 6.51. The summed E-state index contributed by atoms with van der Waals surface area (Å²) in [5.74, 6) is -0.179. The highest BCUT2D eigenvalue weighted by atomic mass is 35.5. The van der Waals surface area contributed by atoms with E-state index < -0.39 is 6.04 Å². The van der Waals surface area contributed by atoms with Crippen LogP contribution in [0.4, 0.5) is 5.69 Å². The topological polar surface area (TPSA) is 75.4 Å². The Morgan fingerprint density at radius 2 is 1.85 bits per heavy atom. The molecule has 0 fully saturated rings. The van der Waals surface area contributed by atoms with E-state index >= 15 is 0 Å². The number of rotatable bonds is 3. The number of hydrogen-bond acceptors (Lipinski definition) is 3. The Morgan fingerprint density at radius 1 is 1.30 bits per heavy atom. The van der Waals surface area contributed by atoms with Gasteiger partial charge in [0, 0.05) is 0 Å². The third kappa shape index (κ3) is 4.69. The first-order valence-electron chi connectivity index (χ1n) is 6.53. The van der Waals surface area contributed by atoms with Crippen molar-refractivity contribution in [1.82, 2.24) is 0 Å². The summed E-state index contributed by atoms with van der Waals surface area (Å²) >= 11 is 0. The quantitative estimate of drug-likeness (QED) is 0.751. The van der Waals surface area contributed by atoms with Crippen LogP contribution in [-0.4, -0.2) is 17.1 Å². The van der Waals surface area contributed by atoms with Gasteiger partial charge in [0.25, 0.3) is 0 Å². The average molecular weight is 301 g/mol. The van der Waals surface area contributed by atoms with Crippen molar-refractivity contribution in [1.29, 1.82) is 0 Å². The Bertz CT molecular complexity index is 467. The van der Waals surface area contributed by atoms with Crippen LogP contribution in [0.1, 0.15) is 40.2 Å². The number of anilines is 1. The molecule has 0 aliphatic carbocycles. The zero-order valence-electron chi connectivity index (χ0n) is 12.7. The summed E-state index contributed by atoms with van der Waals surface area (Å²) < 4.78 is 0. The number of phenolic OH excluding ortho intramolecular Hbond substituents is 1. The molecule has 1 aromatic rings. The molecule has 1 rings (SSSR count). The minimum absolute atomic E-state index is 0. The molecule has 1 aromatic carbocycles. The van der Waals surface area contributed by atoms with Crippen LogP contribution in [0.25, 0.3) is 0 Å². The van der Waals surface area contributed by atoms with Gasteiger partial charge in [0.05, 0.1) is 11.7 Å². The van der Waals surface area contributed by atoms with Gasteiger partial charge >= 0.3 is 0 Å². The molecule has 114 valence electrons. The van der Waals surface area contributed by atoms with Crippen LogP contribution in [-0.2, 0) is 10.2 Å². The van der Waals surface area contributed by atoms with Crippen molar-refractivity contribution in [2.75, 3.05) is 5.32 Å². The molecule has 0 unspecified atom stereocenters. The summed E-state index contributed by atoms with van der Waals surface area (Å²) in [5.41, 5.74) is 7.19. The molecular weight excluding hydrogens is 276 g/mol. The van der Waals surface area contributed by atoms with Crippen LogP contribution in [0.3, 0.4) is 0 Å². The molecule has 0 aromatic heterocycles. The van der Waals surface area contributed by atoms with Crippen molar-refractivity contribution in [3.8, 4) is 5.75 Å². The minimum atomic E-state index is -0.585. The Balaban J connectivity index is 0.00000361. The lowest BCUT2D eigenvalue weighted by atomic mass is 9.87. The maximum Gasteiger partial charge on any atom is 0.241 e. The highest BCUT2D eigenvalue weighted by Gasteiger charge is 2.20. The van der Waals surface area contributed by atoms with Crippen molar-refractivity contribution in [2.45, 2.75) is 46.1 Å². The Morgan fingerprint density at radius 3 is 2.30 bits per heavy atom. The molecule has 0 aliphatic heterocycles. The number of carbonyl (C=O) groups is 1. The molecule has 0 aliphatic rings. The second-order valence-electron chi connectivity index (χ2n) is 6.24. The first kappa shape index (κ1) is 18.7. The highest BCUT2D eigenvalue weighted by molar-refractivity contribution is 5.96. The van der Waals surface area contributed by atoms with Crippen LogP contribution < -0.4 is 11.1 Å². The second kappa shape index (κ2) is 6.95. The number of nitrogens with one attached hydrogen (secondary N) is 1. The van der Waals surface area contributed by atoms with E-state index in [2.05, 4.69) is 26.1 Å². The molecule has 0 bridgehead atoms. The van der Waals surface area contributed by atoms with Crippen molar-refractivity contribution in [2.24, 2.45) is 11.7 Å². The van der Waals surface area contributed by atoms with Crippen LogP contribution in [0, 0.1) is 5.92 Å². The Labute approximate surface area is 127 Å². The zero-order chi connectivity index (χ0) is 14.8. The van der Waals surface area contributed by atoms with E-state index in [-0.39, 0.29) is 35.4 Å². The van der Waals surface area contributed by atoms with E-state index in [1.165, 1.54) is 0 Å². The van der Waals surface area contributed by atoms with Gasteiger partial charge in [0.2, 0.25) is 5.91 Å². The summed E-state index contributed by atoms with van der Waals surface area (Å²) in [6.45, 7) is 9.99. The molecule has 1 amide bonds. The molecule has 0 heterocycles. The minimum Gasteiger partial charge on any atom is -0.506 e. The molecule has 0 spiro atoms. The Hall–Kier alpha value is -1.26. The summed E-state index contributed by atoms with van der Waals surface area (Å²) in [6.07, 6.45) is 0. The average Bonchev–Trinajstić information content (AvgIpc) is 2.29. The standard InChI is InChI=1S/C15H24N2O2.ClH/c1-9(2)13(16)14(19)17-11-8-10(15(3,4)5)6-7-12(11)18;/h6-9,13,18H,16H2,1-5H3,(H,17,19);1H/t13-;/m0./s1. The summed E-state index contributed by atoms with van der Waals surface area (Å²) in [5, 5.41) is 12.5. The third-order valence-corrected chi connectivity index (χ3v) is 3.14. The highest BCUT2D eigenvalue weighted by Crippen LogP contribution is 2.30. The van der Waals surface area contributed by atoms with Crippen LogP contribution >= 0.6 is 12.4 Å². The number of carbonyl (C=O) groups excluding carboxylic acids is 1. The molecule has 4 nitrogen and oxygen atoms in total. The van der Waals surface area contributed by atoms with E-state index in [1.807, 2.05) is 19.9 Å². The predicted octanol–water partition coefficient (Wildman–Crippen LogP) is 3.03. The number of aromatic hydroxyl groups is 1. The lowest BCUT2D eigenvalue weighted by Gasteiger charge is -2.21. The monoisotopic (exact) mass is 300 g/mol. The van der Waals surface area contributed by atoms with Gasteiger partial charge < -0.3 is 16.2 Å². The van der Waals surface area contributed by atoms with Gasteiger partial charge in [-0.15, -0.1) is 12.4 Å². The van der Waals surface area contributed by atoms with Gasteiger partial charge in [0.15, 0.2) is 0 Å². The maximum atomic E-state index is 11.9. The molecule has 4 N–H and O–H groups in total. The number of nitrogens with two attached hydrogens (primary N) is 1. The van der Waals surface area contributed by atoms with E-state index in [0.29, 0.717) is 5.69 Å². The maximum absolute atomic E-state index is 11.9. The summed E-state index contributed by atoms with van der Waals surface area (Å²) in [7, 11) is 0. The van der Waals surface area contributed by atoms with Gasteiger partial charge in [0.1, 0.15) is 5.75 Å². The number of benzene rings is 1. The van der Waals surface area contributed by atoms with E-state index in [1.54, 1.807) is 12.1 Å². The largest absolute Gasteiger partial charge is 0.506 e. The van der Waals surface area contributed by atoms with Crippen LogP contribution in [0.5, 0.6) is 5.75 Å². The van der Waals surface area contributed by atoms with Crippen molar-refractivity contribution in [3.63, 3.8) is 0 Å². The predicted molar refractivity (Wildman–Crippen MR) is 85.5 cm³/mol. The van der Waals surface area contributed by atoms with Gasteiger partial charge in [-0.1, -0.05) is 40.7 Å². The second-order valence-corrected chi connectivity index (χ2v) is 6.24. The smallest absolute Gasteiger partial charge is 0.241 e. The number of amides is 1. The molecule has 5 heteroatoms. The van der Waals surface area contributed by atoms with Gasteiger partial charge in [-0.25, -0.2) is 0 Å². The molecule has 20 heavy (non-hydrogen) atoms. The van der Waals surface area contributed by atoms with Gasteiger partial charge in [-0.3, -0.25) is 4.79 Å². The molecule has 0 saturated carbocycles. The number of hydrogen-bond donors (Lipinski definition) is 3. The van der Waals surface area contributed by atoms with Crippen LogP contribution in [0.15, 0.2) is 18.2 Å². The SMILES string of the molecule is CC(C)[C@H](N)C(=O)Nc1cc(C(C)(C)C)ccc1O.Cl. The molecule has 1 atom stereocenters. The van der Waals surface area contributed by atoms with Crippen LogP contribution in [0.2, 0.25) is 0 Å². The summed E-state index contributed by atoms with van der Waals surface area (Å²) in [6, 6.07) is 4.66. The van der Waals surface area contributed by atoms with Gasteiger partial charge in [-0.2, -0.15) is 0 Å². The fourth-order valence-electron chi connectivity index (χ4n) is 1.62. The fraction of sp³-hybridized carbons (Fsp3) is 0.533. The first-order chi connectivity index (χ1) is 8.62. The first-order valence-corrected chi connectivity index (χ1v) is 6.53. The summed E-state index contributed by atoms with van der Waals surface area (Å²) in [4.78, 5) is 11.9. The molecule has 0 saturated heterocycles. The van der Waals surface area contributed by atoms with Crippen molar-refractivity contribution in [3.05, 3.63) is 23.8 Å². The van der Waals surface area contributed by atoms with E-state index in [0.717, 1.165) is 5.56 Å². The lowest BCUT2D eigenvalue weighted by Crippen LogP contribution is -2.39. The van der Waals surface area contributed by atoms with Gasteiger partial charge in [-0.05, 0) is 29.0 Å². The zero-order valence-corrected chi connectivity index (χ0v) is 13.5. The fourth-order valence-corrected chi connectivity index (χ4v) is 1.62.